The zero-order chi connectivity index (χ0) is 8.29. The quantitative estimate of drug-likeness (QED) is 0.308. The lowest BCUT2D eigenvalue weighted by molar-refractivity contribution is -0.153. The number of cyclic esters (lactones) is 2. The first-order valence-corrected chi connectivity index (χ1v) is 4.81. The van der Waals surface area contributed by atoms with Crippen molar-refractivity contribution in [1.82, 2.24) is 0 Å². The standard InChI is InChI=1S/C8H6O3S/c9-7-5-3-1-2-4(12-3)6(5)8(10)11-7/h1-6H/t3-,4+,5-,6+. The molecule has 0 aliphatic carbocycles. The Labute approximate surface area is 73.1 Å². The average molecular weight is 182 g/mol. The van der Waals surface area contributed by atoms with Gasteiger partial charge in [-0.3, -0.25) is 9.59 Å². The molecule has 4 atom stereocenters. The summed E-state index contributed by atoms with van der Waals surface area (Å²) in [6, 6.07) is 0. The van der Waals surface area contributed by atoms with Crippen LogP contribution in [-0.2, 0) is 14.3 Å². The van der Waals surface area contributed by atoms with Crippen LogP contribution in [0.2, 0.25) is 0 Å². The summed E-state index contributed by atoms with van der Waals surface area (Å²) in [5.74, 6) is -1.02. The van der Waals surface area contributed by atoms with Crippen molar-refractivity contribution in [3.8, 4) is 0 Å². The smallest absolute Gasteiger partial charge is 0.318 e. The molecule has 3 aliphatic heterocycles. The van der Waals surface area contributed by atoms with Crippen LogP contribution in [0.15, 0.2) is 12.2 Å². The summed E-state index contributed by atoms with van der Waals surface area (Å²) in [7, 11) is 0. The molecule has 12 heavy (non-hydrogen) atoms. The monoisotopic (exact) mass is 182 g/mol. The van der Waals surface area contributed by atoms with Crippen molar-refractivity contribution in [3.63, 3.8) is 0 Å². The van der Waals surface area contributed by atoms with Gasteiger partial charge in [0.2, 0.25) is 0 Å². The van der Waals surface area contributed by atoms with Crippen molar-refractivity contribution in [3.05, 3.63) is 12.2 Å². The Balaban J connectivity index is 2.08. The molecule has 0 saturated carbocycles. The fourth-order valence-electron chi connectivity index (χ4n) is 2.11. The van der Waals surface area contributed by atoms with Gasteiger partial charge >= 0.3 is 11.9 Å². The summed E-state index contributed by atoms with van der Waals surface area (Å²) in [4.78, 5) is 22.3. The van der Waals surface area contributed by atoms with Crippen molar-refractivity contribution in [2.24, 2.45) is 11.8 Å². The van der Waals surface area contributed by atoms with Gasteiger partial charge in [0.1, 0.15) is 0 Å². The van der Waals surface area contributed by atoms with Crippen LogP contribution < -0.4 is 0 Å². The molecule has 3 heterocycles. The van der Waals surface area contributed by atoms with Crippen LogP contribution in [-0.4, -0.2) is 22.4 Å². The Kier molecular flexibility index (Phi) is 1.08. The Hall–Kier alpha value is -0.770. The minimum Gasteiger partial charge on any atom is -0.393 e. The molecule has 0 amide bonds. The van der Waals surface area contributed by atoms with E-state index in [9.17, 15) is 9.59 Å². The Morgan fingerprint density at radius 1 is 1.08 bits per heavy atom. The van der Waals surface area contributed by atoms with E-state index in [1.54, 1.807) is 11.8 Å². The van der Waals surface area contributed by atoms with Gasteiger partial charge in [0.25, 0.3) is 0 Å². The first-order chi connectivity index (χ1) is 5.77. The maximum absolute atomic E-state index is 11.2. The van der Waals surface area contributed by atoms with Crippen LogP contribution in [0.25, 0.3) is 0 Å². The molecule has 0 radical (unpaired) electrons. The lowest BCUT2D eigenvalue weighted by atomic mass is 9.85. The highest BCUT2D eigenvalue weighted by Crippen LogP contribution is 2.52. The Morgan fingerprint density at radius 2 is 1.58 bits per heavy atom. The third-order valence-corrected chi connectivity index (χ3v) is 4.17. The molecule has 2 bridgehead atoms. The van der Waals surface area contributed by atoms with E-state index in [4.69, 9.17) is 0 Å². The van der Waals surface area contributed by atoms with Gasteiger partial charge in [-0.15, -0.1) is 11.8 Å². The maximum Gasteiger partial charge on any atom is 0.318 e. The van der Waals surface area contributed by atoms with Crippen molar-refractivity contribution in [2.75, 3.05) is 0 Å². The molecule has 3 rings (SSSR count). The van der Waals surface area contributed by atoms with Crippen LogP contribution in [0.5, 0.6) is 0 Å². The summed E-state index contributed by atoms with van der Waals surface area (Å²) in [5, 5.41) is 0.387. The van der Waals surface area contributed by atoms with Gasteiger partial charge in [-0.1, -0.05) is 12.2 Å². The number of carbonyl (C=O) groups excluding carboxylic acids is 2. The molecular formula is C8H6O3S. The van der Waals surface area contributed by atoms with Crippen LogP contribution in [0, 0.1) is 11.8 Å². The molecular weight excluding hydrogens is 176 g/mol. The van der Waals surface area contributed by atoms with Gasteiger partial charge in [0.05, 0.1) is 11.8 Å². The lowest BCUT2D eigenvalue weighted by Crippen LogP contribution is -2.26. The van der Waals surface area contributed by atoms with Crippen molar-refractivity contribution in [1.29, 1.82) is 0 Å². The van der Waals surface area contributed by atoms with Crippen LogP contribution in [0.4, 0.5) is 0 Å². The summed E-state index contributed by atoms with van der Waals surface area (Å²) in [6.45, 7) is 0. The minimum absolute atomic E-state index is 0.183. The van der Waals surface area contributed by atoms with Crippen molar-refractivity contribution >= 4 is 23.7 Å². The Morgan fingerprint density at radius 3 is 2.08 bits per heavy atom. The number of carbonyl (C=O) groups is 2. The molecule has 62 valence electrons. The van der Waals surface area contributed by atoms with Crippen LogP contribution in [0.1, 0.15) is 0 Å². The maximum atomic E-state index is 11.2. The summed E-state index contributed by atoms with van der Waals surface area (Å²) < 4.78 is 4.58. The Bertz CT molecular complexity index is 281. The van der Waals surface area contributed by atoms with Crippen molar-refractivity contribution < 1.29 is 14.3 Å². The highest BCUT2D eigenvalue weighted by Gasteiger charge is 2.58. The molecule has 2 fully saturated rings. The minimum atomic E-state index is -0.325. The summed E-state index contributed by atoms with van der Waals surface area (Å²) in [5.41, 5.74) is 0. The largest absolute Gasteiger partial charge is 0.393 e. The molecule has 0 aromatic heterocycles. The molecule has 0 N–H and O–H groups in total. The molecule has 3 nitrogen and oxygen atoms in total. The number of ether oxygens (including phenoxy) is 1. The SMILES string of the molecule is O=C1OC(=O)[C@H]2[C@@H]1[C@@H]1C=C[C@H]2S1. The van der Waals surface area contributed by atoms with Gasteiger partial charge in [-0.2, -0.15) is 0 Å². The first-order valence-electron chi connectivity index (χ1n) is 3.87. The van der Waals surface area contributed by atoms with E-state index in [1.807, 2.05) is 12.2 Å². The zero-order valence-corrected chi connectivity index (χ0v) is 6.91. The van der Waals surface area contributed by atoms with E-state index in [0.717, 1.165) is 0 Å². The molecule has 0 aromatic carbocycles. The van der Waals surface area contributed by atoms with E-state index in [2.05, 4.69) is 4.74 Å². The van der Waals surface area contributed by atoms with Crippen LogP contribution >= 0.6 is 11.8 Å². The predicted molar refractivity (Wildman–Crippen MR) is 42.4 cm³/mol. The number of hydrogen-bond donors (Lipinski definition) is 0. The second-order valence-corrected chi connectivity index (χ2v) is 4.60. The second kappa shape index (κ2) is 1.93. The molecule has 0 unspecified atom stereocenters. The highest BCUT2D eigenvalue weighted by atomic mass is 32.2. The summed E-state index contributed by atoms with van der Waals surface area (Å²) >= 11 is 1.70. The van der Waals surface area contributed by atoms with Gasteiger partial charge in [-0.05, 0) is 0 Å². The first kappa shape index (κ1) is 6.71. The van der Waals surface area contributed by atoms with E-state index in [1.165, 1.54) is 0 Å². The predicted octanol–water partition coefficient (Wildman–Crippen LogP) is 0.356. The van der Waals surface area contributed by atoms with E-state index >= 15 is 0 Å². The summed E-state index contributed by atoms with van der Waals surface area (Å²) in [6.07, 6.45) is 4.02. The second-order valence-electron chi connectivity index (χ2n) is 3.24. The average Bonchev–Trinajstić information content (AvgIpc) is 2.64. The molecule has 2 saturated heterocycles. The molecule has 3 aliphatic rings. The number of esters is 2. The van der Waals surface area contributed by atoms with Gasteiger partial charge in [0, 0.05) is 10.5 Å². The molecule has 0 aromatic rings. The number of hydrogen-bond acceptors (Lipinski definition) is 4. The van der Waals surface area contributed by atoms with Crippen LogP contribution in [0.3, 0.4) is 0 Å². The lowest BCUT2D eigenvalue weighted by Gasteiger charge is -2.10. The van der Waals surface area contributed by atoms with E-state index < -0.39 is 0 Å². The topological polar surface area (TPSA) is 43.4 Å². The van der Waals surface area contributed by atoms with Gasteiger partial charge < -0.3 is 4.74 Å². The normalized spacial score (nSPS) is 48.3. The fourth-order valence-corrected chi connectivity index (χ4v) is 3.73. The molecule has 0 spiro atoms. The highest BCUT2D eigenvalue weighted by molar-refractivity contribution is 8.01. The zero-order valence-electron chi connectivity index (χ0n) is 6.10. The van der Waals surface area contributed by atoms with Crippen molar-refractivity contribution in [2.45, 2.75) is 10.5 Å². The number of fused-ring (bicyclic) bond motifs is 5. The van der Waals surface area contributed by atoms with Gasteiger partial charge in [-0.25, -0.2) is 0 Å². The van der Waals surface area contributed by atoms with Gasteiger partial charge in [0.15, 0.2) is 0 Å². The fraction of sp³-hybridized carbons (Fsp3) is 0.500. The third-order valence-electron chi connectivity index (χ3n) is 2.65. The van der Waals surface area contributed by atoms with E-state index in [0.29, 0.717) is 0 Å². The number of thioether (sulfide) groups is 1. The third kappa shape index (κ3) is 0.602. The number of rotatable bonds is 0. The molecule has 4 heteroatoms. The van der Waals surface area contributed by atoms with E-state index in [-0.39, 0.29) is 34.3 Å².